The van der Waals surface area contributed by atoms with Crippen LogP contribution in [0.2, 0.25) is 5.02 Å². The Bertz CT molecular complexity index is 475. The molecule has 0 amide bonds. The van der Waals surface area contributed by atoms with Crippen LogP contribution in [0.4, 0.5) is 0 Å². The number of nitrogens with one attached hydrogen (secondary N) is 1. The van der Waals surface area contributed by atoms with Gasteiger partial charge in [-0.05, 0) is 12.1 Å². The number of benzene rings is 1. The number of H-pyrrole nitrogens is 1. The third-order valence-corrected chi connectivity index (χ3v) is 2.20. The summed E-state index contributed by atoms with van der Waals surface area (Å²) in [5.41, 5.74) is 0.950. The Kier molecular flexibility index (Phi) is 1.74. The number of fused-ring (bicyclic) bond motifs is 1. The Balaban J connectivity index is 2.86. The molecule has 3 nitrogen and oxygen atoms in total. The van der Waals surface area contributed by atoms with Gasteiger partial charge >= 0.3 is 5.97 Å². The lowest BCUT2D eigenvalue weighted by Crippen LogP contribution is -1.93. The van der Waals surface area contributed by atoms with Gasteiger partial charge in [0, 0.05) is 17.1 Å². The van der Waals surface area contributed by atoms with Crippen molar-refractivity contribution >= 4 is 28.5 Å². The highest BCUT2D eigenvalue weighted by atomic mass is 35.5. The van der Waals surface area contributed by atoms with E-state index in [4.69, 9.17) is 16.7 Å². The standard InChI is InChI=1S/C9H6ClNO2/c10-6-2-1-3-7-8(6)5(4-11-7)9(12)13/h1-4,11H,(H,12,13). The van der Waals surface area contributed by atoms with E-state index in [1.54, 1.807) is 18.2 Å². The van der Waals surface area contributed by atoms with E-state index in [0.29, 0.717) is 10.4 Å². The number of carboxylic acid groups (broad SMARTS) is 1. The number of halogens is 1. The Hall–Kier alpha value is -1.48. The Morgan fingerprint density at radius 2 is 2.23 bits per heavy atom. The minimum Gasteiger partial charge on any atom is -0.478 e. The Labute approximate surface area is 78.9 Å². The predicted octanol–water partition coefficient (Wildman–Crippen LogP) is 2.52. The molecule has 0 spiro atoms. The van der Waals surface area contributed by atoms with Crippen molar-refractivity contribution in [3.05, 3.63) is 35.0 Å². The van der Waals surface area contributed by atoms with Gasteiger partial charge in [0.05, 0.1) is 10.6 Å². The van der Waals surface area contributed by atoms with Crippen LogP contribution < -0.4 is 0 Å². The molecule has 0 saturated carbocycles. The maximum absolute atomic E-state index is 10.7. The van der Waals surface area contributed by atoms with Gasteiger partial charge in [0.15, 0.2) is 0 Å². The smallest absolute Gasteiger partial charge is 0.337 e. The first-order valence-corrected chi connectivity index (χ1v) is 4.07. The lowest BCUT2D eigenvalue weighted by Gasteiger charge is -1.94. The largest absolute Gasteiger partial charge is 0.478 e. The molecule has 2 rings (SSSR count). The first kappa shape index (κ1) is 8.13. The SMILES string of the molecule is O=C(O)c1c[nH]c2cccc(Cl)c12. The summed E-state index contributed by atoms with van der Waals surface area (Å²) < 4.78 is 0. The molecule has 0 bridgehead atoms. The monoisotopic (exact) mass is 195 g/mol. The maximum atomic E-state index is 10.7. The number of hydrogen-bond acceptors (Lipinski definition) is 1. The molecule has 0 aliphatic heterocycles. The summed E-state index contributed by atoms with van der Waals surface area (Å²) in [7, 11) is 0. The van der Waals surface area contributed by atoms with Crippen molar-refractivity contribution in [2.75, 3.05) is 0 Å². The molecule has 0 fully saturated rings. The predicted molar refractivity (Wildman–Crippen MR) is 50.3 cm³/mol. The van der Waals surface area contributed by atoms with Crippen LogP contribution in [-0.4, -0.2) is 16.1 Å². The fourth-order valence-corrected chi connectivity index (χ4v) is 1.59. The number of aromatic carboxylic acids is 1. The normalized spacial score (nSPS) is 10.5. The quantitative estimate of drug-likeness (QED) is 0.735. The van der Waals surface area contributed by atoms with Crippen molar-refractivity contribution in [3.63, 3.8) is 0 Å². The highest BCUT2D eigenvalue weighted by Crippen LogP contribution is 2.26. The molecular weight excluding hydrogens is 190 g/mol. The van der Waals surface area contributed by atoms with E-state index in [-0.39, 0.29) is 5.56 Å². The number of carboxylic acids is 1. The van der Waals surface area contributed by atoms with Crippen molar-refractivity contribution in [1.29, 1.82) is 0 Å². The van der Waals surface area contributed by atoms with Gasteiger partial charge in [0.1, 0.15) is 0 Å². The van der Waals surface area contributed by atoms with E-state index in [2.05, 4.69) is 4.98 Å². The van der Waals surface area contributed by atoms with Crippen LogP contribution in [0, 0.1) is 0 Å². The van der Waals surface area contributed by atoms with Gasteiger partial charge in [0.2, 0.25) is 0 Å². The fraction of sp³-hybridized carbons (Fsp3) is 0. The molecule has 0 aliphatic carbocycles. The van der Waals surface area contributed by atoms with Crippen LogP contribution in [0.3, 0.4) is 0 Å². The summed E-state index contributed by atoms with van der Waals surface area (Å²) in [6, 6.07) is 5.23. The molecule has 0 radical (unpaired) electrons. The van der Waals surface area contributed by atoms with Crippen molar-refractivity contribution < 1.29 is 9.90 Å². The molecule has 1 aromatic heterocycles. The molecule has 2 aromatic rings. The van der Waals surface area contributed by atoms with Crippen LogP contribution in [0.1, 0.15) is 10.4 Å². The lowest BCUT2D eigenvalue weighted by atomic mass is 10.2. The molecule has 1 aromatic carbocycles. The van der Waals surface area contributed by atoms with E-state index >= 15 is 0 Å². The highest BCUT2D eigenvalue weighted by Gasteiger charge is 2.12. The van der Waals surface area contributed by atoms with Crippen molar-refractivity contribution in [3.8, 4) is 0 Å². The number of aromatic nitrogens is 1. The first-order valence-electron chi connectivity index (χ1n) is 3.69. The zero-order chi connectivity index (χ0) is 9.42. The molecule has 4 heteroatoms. The van der Waals surface area contributed by atoms with E-state index in [0.717, 1.165) is 5.52 Å². The molecule has 1 heterocycles. The minimum atomic E-state index is -0.973. The Morgan fingerprint density at radius 1 is 1.46 bits per heavy atom. The summed E-state index contributed by atoms with van der Waals surface area (Å²) in [6.07, 6.45) is 1.44. The van der Waals surface area contributed by atoms with Gasteiger partial charge in [-0.1, -0.05) is 17.7 Å². The molecule has 13 heavy (non-hydrogen) atoms. The zero-order valence-corrected chi connectivity index (χ0v) is 7.30. The van der Waals surface area contributed by atoms with Crippen LogP contribution in [-0.2, 0) is 0 Å². The topological polar surface area (TPSA) is 53.1 Å². The van der Waals surface area contributed by atoms with Gasteiger partial charge in [-0.3, -0.25) is 0 Å². The van der Waals surface area contributed by atoms with Crippen LogP contribution in [0.25, 0.3) is 10.9 Å². The number of hydrogen-bond donors (Lipinski definition) is 2. The highest BCUT2D eigenvalue weighted by molar-refractivity contribution is 6.36. The molecular formula is C9H6ClNO2. The summed E-state index contributed by atoms with van der Waals surface area (Å²) in [4.78, 5) is 13.6. The molecule has 0 atom stereocenters. The Morgan fingerprint density at radius 3 is 2.92 bits per heavy atom. The molecule has 66 valence electrons. The summed E-state index contributed by atoms with van der Waals surface area (Å²) in [5.74, 6) is -0.973. The molecule has 0 unspecified atom stereocenters. The third-order valence-electron chi connectivity index (χ3n) is 1.89. The lowest BCUT2D eigenvalue weighted by molar-refractivity contribution is 0.0699. The van der Waals surface area contributed by atoms with E-state index < -0.39 is 5.97 Å². The first-order chi connectivity index (χ1) is 6.20. The van der Waals surface area contributed by atoms with E-state index in [1.807, 2.05) is 0 Å². The van der Waals surface area contributed by atoms with E-state index in [9.17, 15) is 4.79 Å². The van der Waals surface area contributed by atoms with Gasteiger partial charge in [0.25, 0.3) is 0 Å². The molecule has 0 aliphatic rings. The summed E-state index contributed by atoms with van der Waals surface area (Å²) >= 11 is 5.86. The van der Waals surface area contributed by atoms with Gasteiger partial charge in [-0.2, -0.15) is 0 Å². The van der Waals surface area contributed by atoms with Crippen molar-refractivity contribution in [2.24, 2.45) is 0 Å². The average Bonchev–Trinajstić information content (AvgIpc) is 2.49. The van der Waals surface area contributed by atoms with Crippen LogP contribution >= 0.6 is 11.6 Å². The fourth-order valence-electron chi connectivity index (χ4n) is 1.31. The van der Waals surface area contributed by atoms with Crippen LogP contribution in [0.5, 0.6) is 0 Å². The third kappa shape index (κ3) is 1.17. The second-order valence-corrected chi connectivity index (χ2v) is 3.08. The number of carbonyl (C=O) groups is 1. The van der Waals surface area contributed by atoms with Crippen molar-refractivity contribution in [2.45, 2.75) is 0 Å². The number of aromatic amines is 1. The molecule has 2 N–H and O–H groups in total. The van der Waals surface area contributed by atoms with Gasteiger partial charge in [-0.15, -0.1) is 0 Å². The second kappa shape index (κ2) is 2.78. The average molecular weight is 196 g/mol. The maximum Gasteiger partial charge on any atom is 0.337 e. The van der Waals surface area contributed by atoms with Gasteiger partial charge < -0.3 is 10.1 Å². The number of rotatable bonds is 1. The minimum absolute atomic E-state index is 0.209. The zero-order valence-electron chi connectivity index (χ0n) is 6.54. The second-order valence-electron chi connectivity index (χ2n) is 2.67. The summed E-state index contributed by atoms with van der Waals surface area (Å²) in [6.45, 7) is 0. The van der Waals surface area contributed by atoms with E-state index in [1.165, 1.54) is 6.20 Å². The van der Waals surface area contributed by atoms with Crippen LogP contribution in [0.15, 0.2) is 24.4 Å². The molecule has 0 saturated heterocycles. The van der Waals surface area contributed by atoms with Gasteiger partial charge in [-0.25, -0.2) is 4.79 Å². The van der Waals surface area contributed by atoms with Crippen molar-refractivity contribution in [1.82, 2.24) is 4.98 Å². The summed E-state index contributed by atoms with van der Waals surface area (Å²) in [5, 5.41) is 9.84.